The van der Waals surface area contributed by atoms with Crippen molar-refractivity contribution in [2.75, 3.05) is 26.2 Å². The van der Waals surface area contributed by atoms with Crippen LogP contribution in [0, 0.1) is 5.92 Å². The topological polar surface area (TPSA) is 24.1 Å². The summed E-state index contributed by atoms with van der Waals surface area (Å²) in [7, 11) is 0. The van der Waals surface area contributed by atoms with Crippen molar-refractivity contribution in [3.63, 3.8) is 0 Å². The lowest BCUT2D eigenvalue weighted by Gasteiger charge is -2.22. The molecule has 0 aliphatic carbocycles. The predicted molar refractivity (Wildman–Crippen MR) is 60.1 cm³/mol. The first-order valence-corrected chi connectivity index (χ1v) is 5.76. The van der Waals surface area contributed by atoms with Crippen molar-refractivity contribution in [2.24, 2.45) is 5.92 Å². The molecule has 2 N–H and O–H groups in total. The molecule has 0 saturated carbocycles. The third-order valence-electron chi connectivity index (χ3n) is 2.14. The highest BCUT2D eigenvalue weighted by atomic mass is 14.9. The summed E-state index contributed by atoms with van der Waals surface area (Å²) < 4.78 is 0. The summed E-state index contributed by atoms with van der Waals surface area (Å²) >= 11 is 0. The van der Waals surface area contributed by atoms with E-state index < -0.39 is 0 Å². The van der Waals surface area contributed by atoms with Gasteiger partial charge >= 0.3 is 0 Å². The summed E-state index contributed by atoms with van der Waals surface area (Å²) in [6.07, 6.45) is 3.96. The number of hydrogen-bond acceptors (Lipinski definition) is 2. The molecule has 1 rings (SSSR count). The molecule has 80 valence electrons. The van der Waals surface area contributed by atoms with E-state index in [-0.39, 0.29) is 0 Å². The molecule has 2 nitrogen and oxygen atoms in total. The van der Waals surface area contributed by atoms with Gasteiger partial charge < -0.3 is 10.6 Å². The van der Waals surface area contributed by atoms with E-state index in [2.05, 4.69) is 31.4 Å². The Morgan fingerprint density at radius 2 is 1.69 bits per heavy atom. The van der Waals surface area contributed by atoms with E-state index in [1.54, 1.807) is 0 Å². The maximum absolute atomic E-state index is 3.39. The van der Waals surface area contributed by atoms with Crippen LogP contribution in [0.2, 0.25) is 0 Å². The maximum atomic E-state index is 3.39. The Morgan fingerprint density at radius 1 is 1.15 bits per heavy atom. The second-order valence-electron chi connectivity index (χ2n) is 3.71. The van der Waals surface area contributed by atoms with Gasteiger partial charge in [-0.2, -0.15) is 0 Å². The van der Waals surface area contributed by atoms with Gasteiger partial charge in [0.2, 0.25) is 0 Å². The van der Waals surface area contributed by atoms with Gasteiger partial charge in [0, 0.05) is 0 Å². The molecule has 1 heterocycles. The molecule has 0 amide bonds. The number of hydrogen-bond donors (Lipinski definition) is 2. The largest absolute Gasteiger partial charge is 0.317 e. The Balaban J connectivity index is 0.000000424. The lowest BCUT2D eigenvalue weighted by atomic mass is 9.98. The van der Waals surface area contributed by atoms with Gasteiger partial charge in [-0.1, -0.05) is 27.2 Å². The molecule has 0 aromatic heterocycles. The zero-order valence-electron chi connectivity index (χ0n) is 9.53. The van der Waals surface area contributed by atoms with Crippen LogP contribution in [-0.2, 0) is 0 Å². The van der Waals surface area contributed by atoms with E-state index in [0.29, 0.717) is 0 Å². The molecule has 0 atom stereocenters. The lowest BCUT2D eigenvalue weighted by molar-refractivity contribution is 0.359. The molecule has 1 aliphatic heterocycles. The van der Waals surface area contributed by atoms with Crippen LogP contribution in [0.3, 0.4) is 0 Å². The van der Waals surface area contributed by atoms with Gasteiger partial charge in [0.05, 0.1) is 0 Å². The van der Waals surface area contributed by atoms with E-state index in [4.69, 9.17) is 0 Å². The smallest absolute Gasteiger partial charge is 0.00197 e. The second kappa shape index (κ2) is 10.0. The average Bonchev–Trinajstić information content (AvgIpc) is 2.18. The summed E-state index contributed by atoms with van der Waals surface area (Å²) in [6, 6.07) is 0. The number of nitrogens with one attached hydrogen (secondary N) is 2. The van der Waals surface area contributed by atoms with Crippen molar-refractivity contribution in [1.82, 2.24) is 10.6 Å². The van der Waals surface area contributed by atoms with Gasteiger partial charge in [-0.3, -0.25) is 0 Å². The van der Waals surface area contributed by atoms with Crippen LogP contribution in [0.15, 0.2) is 0 Å². The lowest BCUT2D eigenvalue weighted by Crippen LogP contribution is -2.33. The first-order valence-electron chi connectivity index (χ1n) is 5.76. The van der Waals surface area contributed by atoms with E-state index >= 15 is 0 Å². The molecule has 0 radical (unpaired) electrons. The summed E-state index contributed by atoms with van der Waals surface area (Å²) in [5.74, 6) is 0.932. The van der Waals surface area contributed by atoms with Crippen molar-refractivity contribution >= 4 is 0 Å². The van der Waals surface area contributed by atoms with Crippen LogP contribution in [0.1, 0.15) is 40.0 Å². The highest BCUT2D eigenvalue weighted by molar-refractivity contribution is 4.69. The van der Waals surface area contributed by atoms with Crippen molar-refractivity contribution in [1.29, 1.82) is 0 Å². The summed E-state index contributed by atoms with van der Waals surface area (Å²) in [6.45, 7) is 11.2. The number of piperidine rings is 1. The minimum atomic E-state index is 0.932. The van der Waals surface area contributed by atoms with E-state index in [1.165, 1.54) is 38.9 Å². The minimum absolute atomic E-state index is 0.932. The van der Waals surface area contributed by atoms with Gasteiger partial charge in [-0.25, -0.2) is 0 Å². The molecule has 1 aliphatic rings. The fourth-order valence-corrected chi connectivity index (χ4v) is 1.43. The molecule has 1 fully saturated rings. The minimum Gasteiger partial charge on any atom is -0.317 e. The predicted octanol–water partition coefficient (Wildman–Crippen LogP) is 2.01. The van der Waals surface area contributed by atoms with Crippen LogP contribution < -0.4 is 10.6 Å². The van der Waals surface area contributed by atoms with Crippen molar-refractivity contribution in [2.45, 2.75) is 40.0 Å². The van der Waals surface area contributed by atoms with Gasteiger partial charge in [0.25, 0.3) is 0 Å². The van der Waals surface area contributed by atoms with Gasteiger partial charge in [0.15, 0.2) is 0 Å². The van der Waals surface area contributed by atoms with E-state index in [9.17, 15) is 0 Å². The molecule has 2 heteroatoms. The van der Waals surface area contributed by atoms with Crippen LogP contribution in [0.4, 0.5) is 0 Å². The quantitative estimate of drug-likeness (QED) is 0.704. The van der Waals surface area contributed by atoms with Crippen LogP contribution in [0.25, 0.3) is 0 Å². The van der Waals surface area contributed by atoms with Crippen LogP contribution in [0.5, 0.6) is 0 Å². The monoisotopic (exact) mass is 186 g/mol. The van der Waals surface area contributed by atoms with Crippen molar-refractivity contribution < 1.29 is 0 Å². The highest BCUT2D eigenvalue weighted by Gasteiger charge is 2.10. The fourth-order valence-electron chi connectivity index (χ4n) is 1.43. The summed E-state index contributed by atoms with van der Waals surface area (Å²) in [5.41, 5.74) is 0. The standard InChI is InChI=1S/C8H18N2.C3H8/c1-2-9-7-8-3-5-10-6-4-8;1-3-2/h8-10H,2-7H2,1H3;3H2,1-2H3. The zero-order chi connectivity index (χ0) is 9.94. The Morgan fingerprint density at radius 3 is 2.15 bits per heavy atom. The van der Waals surface area contributed by atoms with Crippen molar-refractivity contribution in [3.8, 4) is 0 Å². The summed E-state index contributed by atoms with van der Waals surface area (Å²) in [5, 5.41) is 6.75. The highest BCUT2D eigenvalue weighted by Crippen LogP contribution is 2.09. The summed E-state index contributed by atoms with van der Waals surface area (Å²) in [4.78, 5) is 0. The first-order chi connectivity index (χ1) is 6.35. The van der Waals surface area contributed by atoms with E-state index in [0.717, 1.165) is 12.5 Å². The average molecular weight is 186 g/mol. The molecule has 0 bridgehead atoms. The van der Waals surface area contributed by atoms with E-state index in [1.807, 2.05) is 0 Å². The third kappa shape index (κ3) is 8.26. The molecular formula is C11H26N2. The zero-order valence-corrected chi connectivity index (χ0v) is 9.53. The second-order valence-corrected chi connectivity index (χ2v) is 3.71. The Hall–Kier alpha value is -0.0800. The molecule has 1 saturated heterocycles. The SMILES string of the molecule is CCC.CCNCC1CCNCC1. The van der Waals surface area contributed by atoms with Gasteiger partial charge in [-0.15, -0.1) is 0 Å². The van der Waals surface area contributed by atoms with Gasteiger partial charge in [0.1, 0.15) is 0 Å². The molecule has 13 heavy (non-hydrogen) atoms. The molecule has 0 aromatic carbocycles. The molecular weight excluding hydrogens is 160 g/mol. The van der Waals surface area contributed by atoms with Crippen molar-refractivity contribution in [3.05, 3.63) is 0 Å². The van der Waals surface area contributed by atoms with Crippen LogP contribution in [-0.4, -0.2) is 26.2 Å². The Labute approximate surface area is 83.5 Å². The normalized spacial score (nSPS) is 17.8. The Kier molecular flexibility index (Phi) is 9.94. The van der Waals surface area contributed by atoms with Crippen LogP contribution >= 0.6 is 0 Å². The first kappa shape index (κ1) is 12.9. The fraction of sp³-hybridized carbons (Fsp3) is 1.00. The maximum Gasteiger partial charge on any atom is -0.00197 e. The molecule has 0 unspecified atom stereocenters. The number of rotatable bonds is 3. The third-order valence-corrected chi connectivity index (χ3v) is 2.14. The Bertz CT molecular complexity index is 88.1. The molecule has 0 spiro atoms. The molecule has 0 aromatic rings. The van der Waals surface area contributed by atoms with Gasteiger partial charge in [-0.05, 0) is 44.9 Å².